The third kappa shape index (κ3) is 10.1. The number of nitro groups is 1. The van der Waals surface area contributed by atoms with Crippen molar-refractivity contribution in [3.05, 3.63) is 94.6 Å². The predicted molar refractivity (Wildman–Crippen MR) is 160 cm³/mol. The first-order valence-corrected chi connectivity index (χ1v) is 14.1. The molecule has 222 valence electrons. The number of hydrogen-bond donors (Lipinski definition) is 0. The number of esters is 2. The van der Waals surface area contributed by atoms with E-state index in [1.165, 1.54) is 12.1 Å². The van der Waals surface area contributed by atoms with Gasteiger partial charge in [-0.1, -0.05) is 38.1 Å². The van der Waals surface area contributed by atoms with Crippen LogP contribution in [0.4, 0.5) is 5.69 Å². The van der Waals surface area contributed by atoms with Gasteiger partial charge in [-0.2, -0.15) is 0 Å². The number of unbranched alkanes of at least 4 members (excludes halogenated alkanes) is 4. The lowest BCUT2D eigenvalue weighted by Gasteiger charge is -2.10. The molecule has 0 aliphatic heterocycles. The SMILES string of the molecule is C=C(C)C(=O)OCCCCCCOc1ccc(C(=O)Oc2ccc(-c3ccc(OCCCC)cc3)cc2[N+](=O)[O-])cc1. The van der Waals surface area contributed by atoms with Crippen LogP contribution in [0.15, 0.2) is 78.9 Å². The fraction of sp³-hybridized carbons (Fsp3) is 0.333. The largest absolute Gasteiger partial charge is 0.494 e. The molecule has 0 radical (unpaired) electrons. The third-order valence-corrected chi connectivity index (χ3v) is 6.29. The van der Waals surface area contributed by atoms with Crippen LogP contribution in [0.3, 0.4) is 0 Å². The van der Waals surface area contributed by atoms with Gasteiger partial charge in [0.1, 0.15) is 11.5 Å². The summed E-state index contributed by atoms with van der Waals surface area (Å²) in [7, 11) is 0. The zero-order chi connectivity index (χ0) is 30.3. The van der Waals surface area contributed by atoms with Crippen LogP contribution < -0.4 is 14.2 Å². The van der Waals surface area contributed by atoms with Crippen LogP contribution >= 0.6 is 0 Å². The topological polar surface area (TPSA) is 114 Å². The molecule has 0 aliphatic carbocycles. The average molecular weight is 576 g/mol. The van der Waals surface area contributed by atoms with Crippen molar-refractivity contribution in [2.75, 3.05) is 19.8 Å². The van der Waals surface area contributed by atoms with Crippen molar-refractivity contribution in [1.82, 2.24) is 0 Å². The van der Waals surface area contributed by atoms with E-state index in [2.05, 4.69) is 13.5 Å². The van der Waals surface area contributed by atoms with Crippen LogP contribution in [-0.2, 0) is 9.53 Å². The van der Waals surface area contributed by atoms with Gasteiger partial charge in [-0.15, -0.1) is 0 Å². The minimum Gasteiger partial charge on any atom is -0.494 e. The molecular formula is C33H37NO8. The summed E-state index contributed by atoms with van der Waals surface area (Å²) in [5, 5.41) is 11.8. The molecule has 9 heteroatoms. The highest BCUT2D eigenvalue weighted by Crippen LogP contribution is 2.33. The van der Waals surface area contributed by atoms with Crippen molar-refractivity contribution < 1.29 is 33.5 Å². The highest BCUT2D eigenvalue weighted by molar-refractivity contribution is 5.92. The van der Waals surface area contributed by atoms with Crippen molar-refractivity contribution >= 4 is 17.6 Å². The summed E-state index contributed by atoms with van der Waals surface area (Å²) in [5.41, 5.74) is 1.72. The van der Waals surface area contributed by atoms with Crippen molar-refractivity contribution in [2.24, 2.45) is 0 Å². The molecule has 0 saturated carbocycles. The highest BCUT2D eigenvalue weighted by atomic mass is 16.6. The molecule has 0 amide bonds. The lowest BCUT2D eigenvalue weighted by Crippen LogP contribution is -2.10. The first-order valence-electron chi connectivity index (χ1n) is 14.1. The number of nitro benzene ring substituents is 1. The number of nitrogens with zero attached hydrogens (tertiary/aromatic N) is 1. The number of carbonyl (C=O) groups excluding carboxylic acids is 2. The molecule has 0 atom stereocenters. The number of benzene rings is 3. The second kappa shape index (κ2) is 16.6. The second-order valence-corrected chi connectivity index (χ2v) is 9.76. The Labute approximate surface area is 246 Å². The van der Waals surface area contributed by atoms with E-state index in [0.717, 1.165) is 49.8 Å². The molecule has 0 bridgehead atoms. The van der Waals surface area contributed by atoms with Gasteiger partial charge in [0.05, 0.1) is 30.3 Å². The molecule has 42 heavy (non-hydrogen) atoms. The van der Waals surface area contributed by atoms with Gasteiger partial charge in [0.15, 0.2) is 0 Å². The smallest absolute Gasteiger partial charge is 0.343 e. The molecule has 3 aromatic carbocycles. The summed E-state index contributed by atoms with van der Waals surface area (Å²) in [6.45, 7) is 8.77. The van der Waals surface area contributed by atoms with Gasteiger partial charge < -0.3 is 18.9 Å². The quantitative estimate of drug-likeness (QED) is 0.0401. The van der Waals surface area contributed by atoms with E-state index >= 15 is 0 Å². The van der Waals surface area contributed by atoms with Gasteiger partial charge in [0.2, 0.25) is 5.75 Å². The van der Waals surface area contributed by atoms with E-state index in [0.29, 0.717) is 36.7 Å². The van der Waals surface area contributed by atoms with Crippen molar-refractivity contribution in [3.63, 3.8) is 0 Å². The van der Waals surface area contributed by atoms with E-state index in [9.17, 15) is 19.7 Å². The molecule has 0 fully saturated rings. The normalized spacial score (nSPS) is 10.5. The van der Waals surface area contributed by atoms with Gasteiger partial charge in [-0.3, -0.25) is 10.1 Å². The van der Waals surface area contributed by atoms with Crippen LogP contribution in [0.2, 0.25) is 0 Å². The number of rotatable bonds is 17. The Morgan fingerprint density at radius 2 is 1.36 bits per heavy atom. The maximum Gasteiger partial charge on any atom is 0.343 e. The van der Waals surface area contributed by atoms with Gasteiger partial charge in [0.25, 0.3) is 0 Å². The molecule has 0 saturated heterocycles. The molecule has 3 rings (SSSR count). The van der Waals surface area contributed by atoms with E-state index in [1.54, 1.807) is 37.3 Å². The minimum absolute atomic E-state index is 0.136. The molecule has 0 aromatic heterocycles. The van der Waals surface area contributed by atoms with E-state index in [4.69, 9.17) is 18.9 Å². The Hall–Kier alpha value is -4.66. The Bertz CT molecular complexity index is 1350. The molecule has 3 aromatic rings. The van der Waals surface area contributed by atoms with E-state index < -0.39 is 10.9 Å². The van der Waals surface area contributed by atoms with Gasteiger partial charge in [-0.25, -0.2) is 9.59 Å². The first-order chi connectivity index (χ1) is 20.3. The summed E-state index contributed by atoms with van der Waals surface area (Å²) < 4.78 is 21.9. The Kier molecular flexibility index (Phi) is 12.6. The lowest BCUT2D eigenvalue weighted by atomic mass is 10.0. The molecule has 0 aliphatic rings. The zero-order valence-corrected chi connectivity index (χ0v) is 24.1. The molecule has 0 heterocycles. The fourth-order valence-corrected chi connectivity index (χ4v) is 3.89. The lowest BCUT2D eigenvalue weighted by molar-refractivity contribution is -0.385. The number of hydrogen-bond acceptors (Lipinski definition) is 8. The van der Waals surface area contributed by atoms with Gasteiger partial charge in [0, 0.05) is 11.6 Å². The van der Waals surface area contributed by atoms with E-state index in [-0.39, 0.29) is 23.0 Å². The van der Waals surface area contributed by atoms with Crippen LogP contribution in [-0.4, -0.2) is 36.7 Å². The molecule has 0 unspecified atom stereocenters. The maximum atomic E-state index is 12.7. The Balaban J connectivity index is 1.49. The van der Waals surface area contributed by atoms with Crippen molar-refractivity contribution in [2.45, 2.75) is 52.4 Å². The monoisotopic (exact) mass is 575 g/mol. The van der Waals surface area contributed by atoms with Crippen molar-refractivity contribution in [3.8, 4) is 28.4 Å². The fourth-order valence-electron chi connectivity index (χ4n) is 3.89. The van der Waals surface area contributed by atoms with Crippen LogP contribution in [0, 0.1) is 10.1 Å². The van der Waals surface area contributed by atoms with Crippen LogP contribution in [0.25, 0.3) is 11.1 Å². The standard InChI is InChI=1S/C33H37NO8/c1-4-5-20-39-28-15-10-25(11-16-28)27-14-19-31(30(23-27)34(37)38)42-33(36)26-12-17-29(18-13-26)40-21-8-6-7-9-22-41-32(35)24(2)3/h10-19,23H,2,4-9,20-22H2,1,3H3. The van der Waals surface area contributed by atoms with Crippen LogP contribution in [0.5, 0.6) is 17.2 Å². The Morgan fingerprint density at radius 1 is 0.786 bits per heavy atom. The summed E-state index contributed by atoms with van der Waals surface area (Å²) in [6.07, 6.45) is 5.44. The Morgan fingerprint density at radius 3 is 1.95 bits per heavy atom. The molecule has 0 N–H and O–H groups in total. The maximum absolute atomic E-state index is 12.7. The second-order valence-electron chi connectivity index (χ2n) is 9.76. The number of carbonyl (C=O) groups is 2. The van der Waals surface area contributed by atoms with Crippen molar-refractivity contribution in [1.29, 1.82) is 0 Å². The van der Waals surface area contributed by atoms with E-state index in [1.807, 2.05) is 24.3 Å². The zero-order valence-electron chi connectivity index (χ0n) is 24.1. The molecule has 9 nitrogen and oxygen atoms in total. The molecule has 0 spiro atoms. The summed E-state index contributed by atoms with van der Waals surface area (Å²) in [4.78, 5) is 35.3. The predicted octanol–water partition coefficient (Wildman–Crippen LogP) is 7.72. The minimum atomic E-state index is -0.710. The third-order valence-electron chi connectivity index (χ3n) is 6.29. The summed E-state index contributed by atoms with van der Waals surface area (Å²) >= 11 is 0. The van der Waals surface area contributed by atoms with Crippen LogP contribution in [0.1, 0.15) is 62.7 Å². The number of ether oxygens (including phenoxy) is 4. The van der Waals surface area contributed by atoms with Gasteiger partial charge >= 0.3 is 17.6 Å². The summed E-state index contributed by atoms with van der Waals surface area (Å²) in [6, 6.07) is 18.2. The summed E-state index contributed by atoms with van der Waals surface area (Å²) in [5.74, 6) is 0.118. The van der Waals surface area contributed by atoms with Gasteiger partial charge in [-0.05, 0) is 92.6 Å². The highest BCUT2D eigenvalue weighted by Gasteiger charge is 2.20. The molecular weight excluding hydrogens is 538 g/mol. The first kappa shape index (κ1) is 31.9. The average Bonchev–Trinajstić information content (AvgIpc) is 2.99.